The van der Waals surface area contributed by atoms with E-state index in [1.165, 1.54) is 24.7 Å². The smallest absolute Gasteiger partial charge is 0.193 e. The summed E-state index contributed by atoms with van der Waals surface area (Å²) in [5, 5.41) is 3.75. The molecule has 0 atom stereocenters. The number of hydrogen-bond acceptors (Lipinski definition) is 2. The number of hydrogen-bond donors (Lipinski definition) is 1. The molecule has 0 saturated carbocycles. The van der Waals surface area contributed by atoms with E-state index < -0.39 is 0 Å². The van der Waals surface area contributed by atoms with Gasteiger partial charge < -0.3 is 14.8 Å². The molecule has 3 rings (SSSR count). The van der Waals surface area contributed by atoms with E-state index in [4.69, 9.17) is 16.6 Å². The fraction of sp³-hybridized carbons (Fsp3) is 0.474. The highest BCUT2D eigenvalue weighted by Gasteiger charge is 2.14. The Labute approximate surface area is 158 Å². The van der Waals surface area contributed by atoms with E-state index in [0.717, 1.165) is 31.6 Å². The number of halogens is 2. The molecule has 1 aliphatic heterocycles. The first kappa shape index (κ1) is 18.7. The van der Waals surface area contributed by atoms with Crippen LogP contribution in [0.15, 0.2) is 29.4 Å². The van der Waals surface area contributed by atoms with Gasteiger partial charge in [-0.3, -0.25) is 4.99 Å². The second kappa shape index (κ2) is 8.54. The third kappa shape index (κ3) is 4.36. The van der Waals surface area contributed by atoms with Crippen LogP contribution in [0.4, 0.5) is 4.39 Å². The second-order valence-electron chi connectivity index (χ2n) is 6.58. The predicted octanol–water partition coefficient (Wildman–Crippen LogP) is 3.26. The van der Waals surface area contributed by atoms with Crippen molar-refractivity contribution < 1.29 is 4.39 Å². The first-order valence-electron chi connectivity index (χ1n) is 8.98. The second-order valence-corrected chi connectivity index (χ2v) is 6.99. The molecule has 26 heavy (non-hydrogen) atoms. The van der Waals surface area contributed by atoms with E-state index >= 15 is 0 Å². The average Bonchev–Trinajstić information content (AvgIpc) is 3.04. The van der Waals surface area contributed by atoms with Gasteiger partial charge in [0.1, 0.15) is 11.6 Å². The molecule has 0 saturated heterocycles. The molecule has 1 N–H and O–H groups in total. The number of nitrogens with zero attached hydrogens (tertiary/aromatic N) is 4. The first-order chi connectivity index (χ1) is 12.6. The Morgan fingerprint density at radius 3 is 3.00 bits per heavy atom. The van der Waals surface area contributed by atoms with E-state index in [1.54, 1.807) is 19.2 Å². The van der Waals surface area contributed by atoms with Crippen molar-refractivity contribution in [3.63, 3.8) is 0 Å². The first-order valence-corrected chi connectivity index (χ1v) is 9.36. The molecule has 2 heterocycles. The van der Waals surface area contributed by atoms with Gasteiger partial charge >= 0.3 is 0 Å². The van der Waals surface area contributed by atoms with Crippen molar-refractivity contribution in [2.24, 2.45) is 4.99 Å². The van der Waals surface area contributed by atoms with Crippen LogP contribution in [-0.4, -0.2) is 41.1 Å². The van der Waals surface area contributed by atoms with Gasteiger partial charge in [-0.1, -0.05) is 17.7 Å². The van der Waals surface area contributed by atoms with Crippen molar-refractivity contribution in [3.05, 3.63) is 52.3 Å². The highest BCUT2D eigenvalue weighted by atomic mass is 35.5. The van der Waals surface area contributed by atoms with Crippen LogP contribution in [0.2, 0.25) is 5.02 Å². The lowest BCUT2D eigenvalue weighted by Gasteiger charge is -2.22. The summed E-state index contributed by atoms with van der Waals surface area (Å²) < 4.78 is 16.2. The SMILES string of the molecule is CN=C(NCCc1cn2c(n1)CCCC2)N(C)Cc1c(F)cccc1Cl. The zero-order valence-corrected chi connectivity index (χ0v) is 16.1. The van der Waals surface area contributed by atoms with Gasteiger partial charge in [0.15, 0.2) is 5.96 Å². The number of guanidine groups is 1. The fourth-order valence-corrected chi connectivity index (χ4v) is 3.50. The van der Waals surface area contributed by atoms with E-state index in [-0.39, 0.29) is 5.82 Å². The van der Waals surface area contributed by atoms with E-state index in [1.807, 2.05) is 11.9 Å². The maximum Gasteiger partial charge on any atom is 0.193 e. The van der Waals surface area contributed by atoms with Crippen molar-refractivity contribution in [1.29, 1.82) is 0 Å². The number of rotatable bonds is 5. The van der Waals surface area contributed by atoms with Gasteiger partial charge in [0.25, 0.3) is 0 Å². The van der Waals surface area contributed by atoms with Crippen LogP contribution in [0.3, 0.4) is 0 Å². The molecular formula is C19H25ClFN5. The predicted molar refractivity (Wildman–Crippen MR) is 103 cm³/mol. The molecule has 1 aliphatic rings. The zero-order chi connectivity index (χ0) is 18.5. The highest BCUT2D eigenvalue weighted by Crippen LogP contribution is 2.20. The monoisotopic (exact) mass is 377 g/mol. The third-order valence-electron chi connectivity index (χ3n) is 4.65. The molecule has 5 nitrogen and oxygen atoms in total. The van der Waals surface area contributed by atoms with Gasteiger partial charge in [-0.15, -0.1) is 0 Å². The lowest BCUT2D eigenvalue weighted by atomic mass is 10.2. The van der Waals surface area contributed by atoms with E-state index in [2.05, 4.69) is 21.1 Å². The molecule has 0 bridgehead atoms. The quantitative estimate of drug-likeness (QED) is 0.642. The van der Waals surface area contributed by atoms with Crippen LogP contribution in [0.25, 0.3) is 0 Å². The maximum absolute atomic E-state index is 14.0. The minimum atomic E-state index is -0.302. The van der Waals surface area contributed by atoms with Crippen LogP contribution in [0.5, 0.6) is 0 Å². The van der Waals surface area contributed by atoms with Gasteiger partial charge in [-0.2, -0.15) is 0 Å². The number of aromatic nitrogens is 2. The Morgan fingerprint density at radius 2 is 2.27 bits per heavy atom. The topological polar surface area (TPSA) is 45.5 Å². The summed E-state index contributed by atoms with van der Waals surface area (Å²) in [6.07, 6.45) is 6.51. The van der Waals surface area contributed by atoms with Crippen molar-refractivity contribution in [3.8, 4) is 0 Å². The minimum Gasteiger partial charge on any atom is -0.356 e. The molecule has 0 amide bonds. The van der Waals surface area contributed by atoms with Crippen LogP contribution >= 0.6 is 11.6 Å². The van der Waals surface area contributed by atoms with Crippen molar-refractivity contribution in [1.82, 2.24) is 19.8 Å². The average molecular weight is 378 g/mol. The molecule has 1 aromatic carbocycles. The number of imidazole rings is 1. The number of aliphatic imine (C=N–C) groups is 1. The molecule has 1 aromatic heterocycles. The molecule has 2 aromatic rings. The molecule has 0 aliphatic carbocycles. The molecule has 0 spiro atoms. The van der Waals surface area contributed by atoms with Gasteiger partial charge in [0.05, 0.1) is 5.69 Å². The molecule has 0 unspecified atom stereocenters. The Balaban J connectivity index is 1.55. The Morgan fingerprint density at radius 1 is 1.42 bits per heavy atom. The molecular weight excluding hydrogens is 353 g/mol. The Hall–Kier alpha value is -2.08. The summed E-state index contributed by atoms with van der Waals surface area (Å²) in [6, 6.07) is 4.73. The zero-order valence-electron chi connectivity index (χ0n) is 15.3. The summed E-state index contributed by atoms with van der Waals surface area (Å²) in [6.45, 7) is 2.14. The van der Waals surface area contributed by atoms with Crippen LogP contribution in [-0.2, 0) is 25.9 Å². The van der Waals surface area contributed by atoms with E-state index in [9.17, 15) is 4.39 Å². The lowest BCUT2D eigenvalue weighted by molar-refractivity contribution is 0.461. The molecule has 0 radical (unpaired) electrons. The Bertz CT molecular complexity index is 742. The number of fused-ring (bicyclic) bond motifs is 1. The van der Waals surface area contributed by atoms with Gasteiger partial charge in [-0.05, 0) is 25.0 Å². The molecule has 140 valence electrons. The summed E-state index contributed by atoms with van der Waals surface area (Å²) in [5.41, 5.74) is 1.58. The molecule has 7 heteroatoms. The van der Waals surface area contributed by atoms with E-state index in [0.29, 0.717) is 23.1 Å². The number of nitrogens with one attached hydrogen (secondary N) is 1. The molecule has 0 fully saturated rings. The normalized spacial score (nSPS) is 14.2. The van der Waals surface area contributed by atoms with Crippen LogP contribution < -0.4 is 5.32 Å². The summed E-state index contributed by atoms with van der Waals surface area (Å²) >= 11 is 6.12. The highest BCUT2D eigenvalue weighted by molar-refractivity contribution is 6.31. The van der Waals surface area contributed by atoms with Gasteiger partial charge in [0, 0.05) is 63.4 Å². The van der Waals surface area contributed by atoms with Gasteiger partial charge in [-0.25, -0.2) is 9.37 Å². The minimum absolute atomic E-state index is 0.302. The summed E-state index contributed by atoms with van der Waals surface area (Å²) in [7, 11) is 3.59. The maximum atomic E-state index is 14.0. The third-order valence-corrected chi connectivity index (χ3v) is 5.01. The summed E-state index contributed by atoms with van der Waals surface area (Å²) in [4.78, 5) is 10.9. The standard InChI is InChI=1S/C19H25ClFN5/c1-22-19(25(2)13-15-16(20)6-5-7-17(15)21)23-10-9-14-12-26-11-4-3-8-18(26)24-14/h5-7,12H,3-4,8-11,13H2,1-2H3,(H,22,23). The van der Waals surface area contributed by atoms with Crippen molar-refractivity contribution in [2.45, 2.75) is 38.8 Å². The van der Waals surface area contributed by atoms with Crippen LogP contribution in [0, 0.1) is 5.82 Å². The summed E-state index contributed by atoms with van der Waals surface area (Å²) in [5.74, 6) is 1.60. The largest absolute Gasteiger partial charge is 0.356 e. The lowest BCUT2D eigenvalue weighted by Crippen LogP contribution is -2.39. The van der Waals surface area contributed by atoms with Crippen LogP contribution in [0.1, 0.15) is 29.9 Å². The van der Waals surface area contributed by atoms with Crippen molar-refractivity contribution >= 4 is 17.6 Å². The van der Waals surface area contributed by atoms with Crippen molar-refractivity contribution in [2.75, 3.05) is 20.6 Å². The van der Waals surface area contributed by atoms with Gasteiger partial charge in [0.2, 0.25) is 0 Å². The number of aryl methyl sites for hydroxylation is 2. The fourth-order valence-electron chi connectivity index (χ4n) is 3.27. The number of benzene rings is 1. The Kier molecular flexibility index (Phi) is 6.14.